The molecule has 1 N–H and O–H groups in total. The highest BCUT2D eigenvalue weighted by Crippen LogP contribution is 2.14. The highest BCUT2D eigenvalue weighted by atomic mass is 16.6. The van der Waals surface area contributed by atoms with Crippen LogP contribution < -0.4 is 5.43 Å². The standard InChI is InChI=1S/C6H7N6O3/c1-3-5(10-14-8-3)7-12(13)6-4(2)9-15-11-6/h1-2H3,(H,7,10,13)/q+1. The quantitative estimate of drug-likeness (QED) is 0.577. The van der Waals surface area contributed by atoms with Gasteiger partial charge in [0.2, 0.25) is 5.82 Å². The molecule has 0 amide bonds. The van der Waals surface area contributed by atoms with Gasteiger partial charge in [-0.1, -0.05) is 5.16 Å². The summed E-state index contributed by atoms with van der Waals surface area (Å²) >= 11 is 0. The second kappa shape index (κ2) is 3.44. The largest absolute Gasteiger partial charge is 0.461 e. The van der Waals surface area contributed by atoms with Crippen LogP contribution in [0.2, 0.25) is 0 Å². The number of hydrazine groups is 1. The molecule has 0 atom stereocenters. The zero-order valence-corrected chi connectivity index (χ0v) is 7.96. The van der Waals surface area contributed by atoms with Crippen molar-refractivity contribution in [3.05, 3.63) is 16.3 Å². The molecule has 0 aliphatic heterocycles. The summed E-state index contributed by atoms with van der Waals surface area (Å²) in [5, 5.41) is 13.9. The van der Waals surface area contributed by atoms with Crippen molar-refractivity contribution in [2.24, 2.45) is 0 Å². The zero-order chi connectivity index (χ0) is 10.8. The van der Waals surface area contributed by atoms with Crippen molar-refractivity contribution in [2.45, 2.75) is 13.8 Å². The lowest BCUT2D eigenvalue weighted by Crippen LogP contribution is -2.12. The van der Waals surface area contributed by atoms with Gasteiger partial charge in [-0.15, -0.1) is 4.63 Å². The first-order valence-electron chi connectivity index (χ1n) is 4.00. The van der Waals surface area contributed by atoms with Gasteiger partial charge in [-0.05, 0) is 29.1 Å². The lowest BCUT2D eigenvalue weighted by atomic mass is 10.5. The van der Waals surface area contributed by atoms with Crippen LogP contribution in [-0.4, -0.2) is 25.5 Å². The van der Waals surface area contributed by atoms with Crippen LogP contribution in [0.1, 0.15) is 11.4 Å². The van der Waals surface area contributed by atoms with Gasteiger partial charge in [-0.2, -0.15) is 5.43 Å². The summed E-state index contributed by atoms with van der Waals surface area (Å²) < 4.78 is 8.78. The molecule has 0 spiro atoms. The van der Waals surface area contributed by atoms with Crippen LogP contribution in [0.3, 0.4) is 0 Å². The van der Waals surface area contributed by atoms with Gasteiger partial charge in [0.15, 0.2) is 10.9 Å². The molecule has 0 bridgehead atoms. The normalized spacial score (nSPS) is 10.3. The molecule has 0 saturated carbocycles. The van der Waals surface area contributed by atoms with Crippen LogP contribution in [-0.2, 0) is 0 Å². The molecule has 0 aromatic carbocycles. The zero-order valence-electron chi connectivity index (χ0n) is 7.96. The molecule has 0 aliphatic rings. The molecule has 9 nitrogen and oxygen atoms in total. The van der Waals surface area contributed by atoms with Gasteiger partial charge in [0, 0.05) is 0 Å². The highest BCUT2D eigenvalue weighted by Gasteiger charge is 2.25. The Labute approximate surface area is 82.9 Å². The summed E-state index contributed by atoms with van der Waals surface area (Å²) in [7, 11) is 0. The summed E-state index contributed by atoms with van der Waals surface area (Å²) in [5.41, 5.74) is 3.21. The van der Waals surface area contributed by atoms with Crippen molar-refractivity contribution in [2.75, 3.05) is 5.43 Å². The van der Waals surface area contributed by atoms with Crippen LogP contribution in [0, 0.1) is 18.8 Å². The molecule has 15 heavy (non-hydrogen) atoms. The third-order valence-corrected chi connectivity index (χ3v) is 1.68. The van der Waals surface area contributed by atoms with E-state index in [1.165, 1.54) is 0 Å². The van der Waals surface area contributed by atoms with Gasteiger partial charge in [0.25, 0.3) is 0 Å². The van der Waals surface area contributed by atoms with Crippen molar-refractivity contribution >= 4 is 11.6 Å². The van der Waals surface area contributed by atoms with Crippen molar-refractivity contribution in [1.29, 1.82) is 0 Å². The van der Waals surface area contributed by atoms with E-state index in [1.54, 1.807) is 13.8 Å². The monoisotopic (exact) mass is 211 g/mol. The molecule has 0 aliphatic carbocycles. The average Bonchev–Trinajstić information content (AvgIpc) is 2.76. The molecular weight excluding hydrogens is 204 g/mol. The molecular formula is C6H7N6O3+. The average molecular weight is 211 g/mol. The Hall–Kier alpha value is -2.32. The molecule has 0 fully saturated rings. The van der Waals surface area contributed by atoms with Crippen molar-refractivity contribution in [1.82, 2.24) is 20.6 Å². The van der Waals surface area contributed by atoms with E-state index in [9.17, 15) is 4.91 Å². The number of aryl methyl sites for hydroxylation is 2. The number of anilines is 1. The highest BCUT2D eigenvalue weighted by molar-refractivity contribution is 5.34. The van der Waals surface area contributed by atoms with Gasteiger partial charge in [0.05, 0.1) is 0 Å². The maximum Gasteiger partial charge on any atom is 0.461 e. The first kappa shape index (κ1) is 9.24. The van der Waals surface area contributed by atoms with Crippen molar-refractivity contribution in [3.63, 3.8) is 0 Å². The number of nitrogens with zero attached hydrogens (tertiary/aromatic N) is 5. The predicted molar refractivity (Wildman–Crippen MR) is 45.0 cm³/mol. The summed E-state index contributed by atoms with van der Waals surface area (Å²) in [4.78, 5) is 11.9. The minimum absolute atomic E-state index is 0.0254. The first-order valence-corrected chi connectivity index (χ1v) is 4.00. The Bertz CT molecular complexity index is 489. The molecule has 2 heterocycles. The van der Waals surface area contributed by atoms with E-state index in [0.717, 1.165) is 0 Å². The van der Waals surface area contributed by atoms with Crippen LogP contribution in [0.4, 0.5) is 11.6 Å². The topological polar surface area (TPSA) is 110 Å². The second-order valence-electron chi connectivity index (χ2n) is 2.78. The third kappa shape index (κ3) is 1.66. The Balaban J connectivity index is 2.18. The van der Waals surface area contributed by atoms with Crippen molar-refractivity contribution < 1.29 is 14.1 Å². The van der Waals surface area contributed by atoms with Gasteiger partial charge in [-0.25, -0.2) is 4.63 Å². The number of hydrogen-bond donors (Lipinski definition) is 1. The Morgan fingerprint density at radius 3 is 2.27 bits per heavy atom. The van der Waals surface area contributed by atoms with Crippen LogP contribution in [0.5, 0.6) is 0 Å². The Morgan fingerprint density at radius 1 is 1.07 bits per heavy atom. The summed E-state index contributed by atoms with van der Waals surface area (Å²) in [6, 6.07) is 0. The van der Waals surface area contributed by atoms with Gasteiger partial charge >= 0.3 is 5.82 Å². The molecule has 0 unspecified atom stereocenters. The van der Waals surface area contributed by atoms with Crippen LogP contribution >= 0.6 is 0 Å². The van der Waals surface area contributed by atoms with E-state index in [4.69, 9.17) is 0 Å². The molecule has 2 aromatic rings. The second-order valence-corrected chi connectivity index (χ2v) is 2.78. The summed E-state index contributed by atoms with van der Waals surface area (Å²) in [5.74, 6) is 0.241. The Morgan fingerprint density at radius 2 is 1.73 bits per heavy atom. The van der Waals surface area contributed by atoms with Gasteiger partial charge < -0.3 is 0 Å². The van der Waals surface area contributed by atoms with E-state index >= 15 is 0 Å². The van der Waals surface area contributed by atoms with Gasteiger partial charge in [0.1, 0.15) is 10.6 Å². The fourth-order valence-electron chi connectivity index (χ4n) is 0.893. The summed E-state index contributed by atoms with van der Waals surface area (Å²) in [6.45, 7) is 3.23. The maximum absolute atomic E-state index is 11.5. The number of aromatic nitrogens is 4. The molecule has 2 aromatic heterocycles. The van der Waals surface area contributed by atoms with Crippen molar-refractivity contribution in [3.8, 4) is 0 Å². The summed E-state index contributed by atoms with van der Waals surface area (Å²) in [6.07, 6.45) is 0. The molecule has 9 heteroatoms. The third-order valence-electron chi connectivity index (χ3n) is 1.68. The smallest absolute Gasteiger partial charge is 0.242 e. The fraction of sp³-hybridized carbons (Fsp3) is 0.333. The molecule has 0 radical (unpaired) electrons. The maximum atomic E-state index is 11.5. The minimum atomic E-state index is 0.0254. The minimum Gasteiger partial charge on any atom is -0.242 e. The predicted octanol–water partition coefficient (Wildman–Crippen LogP) is 0.507. The first-order chi connectivity index (χ1) is 7.18. The lowest BCUT2D eigenvalue weighted by Gasteiger charge is -1.91. The van der Waals surface area contributed by atoms with E-state index in [-0.39, 0.29) is 11.6 Å². The SMILES string of the molecule is Cc1nonc1N[N+](=O)c1nonc1C. The number of nitroso groups, excluding NO2 is 1. The lowest BCUT2D eigenvalue weighted by molar-refractivity contribution is -0.434. The molecule has 2 rings (SSSR count). The number of rotatable bonds is 3. The van der Waals surface area contributed by atoms with E-state index in [2.05, 4.69) is 35.3 Å². The van der Waals surface area contributed by atoms with Crippen LogP contribution in [0.15, 0.2) is 9.26 Å². The van der Waals surface area contributed by atoms with E-state index < -0.39 is 0 Å². The molecule has 0 saturated heterocycles. The Kier molecular flexibility index (Phi) is 2.12. The van der Waals surface area contributed by atoms with Gasteiger partial charge in [-0.3, -0.25) is 0 Å². The number of nitrogens with one attached hydrogen (secondary N) is 1. The fourth-order valence-corrected chi connectivity index (χ4v) is 0.893. The van der Waals surface area contributed by atoms with E-state index in [0.29, 0.717) is 16.3 Å². The number of hydrogen-bond acceptors (Lipinski definition) is 7. The molecule has 78 valence electrons. The van der Waals surface area contributed by atoms with E-state index in [1.807, 2.05) is 0 Å². The van der Waals surface area contributed by atoms with Crippen LogP contribution in [0.25, 0.3) is 0 Å².